The number of sulfone groups is 1. The van der Waals surface area contributed by atoms with Crippen molar-refractivity contribution < 1.29 is 18.4 Å². The number of amidine groups is 1. The fraction of sp³-hybridized carbons (Fsp3) is 0.778. The monoisotopic (exact) mass is 265 g/mol. The lowest BCUT2D eigenvalue weighted by atomic mass is 10.1. The number of carbonyl (C=O) groups is 1. The van der Waals surface area contributed by atoms with E-state index in [4.69, 9.17) is 10.9 Å². The Morgan fingerprint density at radius 2 is 2.00 bits per heavy atom. The molecule has 0 saturated heterocycles. The lowest BCUT2D eigenvalue weighted by molar-refractivity contribution is -0.122. The molecule has 0 aliphatic rings. The van der Waals surface area contributed by atoms with Gasteiger partial charge in [0.2, 0.25) is 5.91 Å². The van der Waals surface area contributed by atoms with Crippen molar-refractivity contribution in [3.05, 3.63) is 0 Å². The molecule has 1 amide bonds. The second-order valence-corrected chi connectivity index (χ2v) is 7.15. The van der Waals surface area contributed by atoms with E-state index in [1.165, 1.54) is 20.8 Å². The van der Waals surface area contributed by atoms with E-state index in [0.29, 0.717) is 0 Å². The van der Waals surface area contributed by atoms with Gasteiger partial charge in [-0.1, -0.05) is 5.16 Å². The number of oxime groups is 1. The normalized spacial score (nSPS) is 15.4. The average molecular weight is 265 g/mol. The summed E-state index contributed by atoms with van der Waals surface area (Å²) in [6.07, 6.45) is 1.10. The minimum Gasteiger partial charge on any atom is -0.409 e. The van der Waals surface area contributed by atoms with Crippen LogP contribution in [0.4, 0.5) is 0 Å². The van der Waals surface area contributed by atoms with Crippen LogP contribution in [0, 0.1) is 5.92 Å². The van der Waals surface area contributed by atoms with E-state index < -0.39 is 26.4 Å². The Morgan fingerprint density at radius 1 is 1.53 bits per heavy atom. The van der Waals surface area contributed by atoms with Crippen molar-refractivity contribution >= 4 is 21.6 Å². The summed E-state index contributed by atoms with van der Waals surface area (Å²) in [6.45, 7) is 4.44. The summed E-state index contributed by atoms with van der Waals surface area (Å²) in [4.78, 5) is 11.5. The van der Waals surface area contributed by atoms with E-state index >= 15 is 0 Å². The topological polar surface area (TPSA) is 122 Å². The maximum Gasteiger partial charge on any atom is 0.230 e. The molecule has 0 radical (unpaired) electrons. The average Bonchev–Trinajstić information content (AvgIpc) is 2.22. The van der Waals surface area contributed by atoms with Crippen LogP contribution in [0.2, 0.25) is 0 Å². The molecule has 0 bridgehead atoms. The van der Waals surface area contributed by atoms with Crippen LogP contribution in [0.3, 0.4) is 0 Å². The van der Waals surface area contributed by atoms with Gasteiger partial charge in [-0.25, -0.2) is 8.42 Å². The van der Waals surface area contributed by atoms with Crippen molar-refractivity contribution in [1.29, 1.82) is 0 Å². The molecule has 0 spiro atoms. The van der Waals surface area contributed by atoms with E-state index in [1.807, 2.05) is 0 Å². The molecule has 1 atom stereocenters. The van der Waals surface area contributed by atoms with Crippen LogP contribution < -0.4 is 11.1 Å². The standard InChI is InChI=1S/C9H19N3O4S/c1-6(7(10)12-14)8(13)11-5-9(2,3)17(4,15)16/h6,14H,5H2,1-4H3,(H2,10,12)(H,11,13). The molecule has 7 nitrogen and oxygen atoms in total. The van der Waals surface area contributed by atoms with Crippen LogP contribution in [0.1, 0.15) is 20.8 Å². The summed E-state index contributed by atoms with van der Waals surface area (Å²) in [7, 11) is -3.28. The van der Waals surface area contributed by atoms with E-state index in [9.17, 15) is 13.2 Å². The summed E-state index contributed by atoms with van der Waals surface area (Å²) < 4.78 is 21.7. The van der Waals surface area contributed by atoms with Gasteiger partial charge in [-0.05, 0) is 20.8 Å². The zero-order valence-corrected chi connectivity index (χ0v) is 11.2. The first-order chi connectivity index (χ1) is 7.53. The third-order valence-electron chi connectivity index (χ3n) is 2.64. The van der Waals surface area contributed by atoms with Gasteiger partial charge in [-0.3, -0.25) is 4.79 Å². The fourth-order valence-corrected chi connectivity index (χ4v) is 1.14. The Morgan fingerprint density at radius 3 is 2.35 bits per heavy atom. The Balaban J connectivity index is 4.56. The number of nitrogens with zero attached hydrogens (tertiary/aromatic N) is 1. The predicted molar refractivity (Wildman–Crippen MR) is 64.5 cm³/mol. The van der Waals surface area contributed by atoms with Gasteiger partial charge >= 0.3 is 0 Å². The van der Waals surface area contributed by atoms with Crippen LogP contribution in [0.15, 0.2) is 5.16 Å². The molecule has 0 aromatic heterocycles. The third-order valence-corrected chi connectivity index (χ3v) is 4.80. The van der Waals surface area contributed by atoms with Gasteiger partial charge in [0.05, 0.1) is 10.7 Å². The first-order valence-corrected chi connectivity index (χ1v) is 6.87. The first-order valence-electron chi connectivity index (χ1n) is 4.97. The van der Waals surface area contributed by atoms with Crippen molar-refractivity contribution in [2.24, 2.45) is 16.8 Å². The highest BCUT2D eigenvalue weighted by atomic mass is 32.2. The Hall–Kier alpha value is -1.31. The van der Waals surface area contributed by atoms with Crippen molar-refractivity contribution in [3.8, 4) is 0 Å². The molecule has 0 heterocycles. The molecule has 17 heavy (non-hydrogen) atoms. The molecule has 4 N–H and O–H groups in total. The Kier molecular flexibility index (Phi) is 4.94. The number of carbonyl (C=O) groups excluding carboxylic acids is 1. The van der Waals surface area contributed by atoms with Gasteiger partial charge in [-0.15, -0.1) is 0 Å². The summed E-state index contributed by atoms with van der Waals surface area (Å²) in [5, 5.41) is 13.6. The molecular formula is C9H19N3O4S. The van der Waals surface area contributed by atoms with Gasteiger partial charge in [0.25, 0.3) is 0 Å². The van der Waals surface area contributed by atoms with Crippen molar-refractivity contribution in [1.82, 2.24) is 5.32 Å². The minimum absolute atomic E-state index is 0.0340. The van der Waals surface area contributed by atoms with Crippen molar-refractivity contribution in [2.45, 2.75) is 25.5 Å². The Labute approximate surface area is 101 Å². The Bertz CT molecular complexity index is 414. The number of rotatable bonds is 5. The summed E-state index contributed by atoms with van der Waals surface area (Å²) in [5.74, 6) is -1.52. The molecule has 0 aromatic carbocycles. The van der Waals surface area contributed by atoms with Gasteiger partial charge < -0.3 is 16.3 Å². The quantitative estimate of drug-likeness (QED) is 0.263. The van der Waals surface area contributed by atoms with Crippen molar-refractivity contribution in [3.63, 3.8) is 0 Å². The molecule has 0 rings (SSSR count). The zero-order chi connectivity index (χ0) is 13.9. The van der Waals surface area contributed by atoms with Crippen LogP contribution in [-0.2, 0) is 14.6 Å². The molecule has 0 saturated carbocycles. The highest BCUT2D eigenvalue weighted by Gasteiger charge is 2.31. The van der Waals surface area contributed by atoms with Crippen LogP contribution in [0.25, 0.3) is 0 Å². The molecule has 8 heteroatoms. The van der Waals surface area contributed by atoms with Crippen molar-refractivity contribution in [2.75, 3.05) is 12.8 Å². The zero-order valence-electron chi connectivity index (χ0n) is 10.4. The predicted octanol–water partition coefficient (Wildman–Crippen LogP) is -0.692. The second-order valence-electron chi connectivity index (χ2n) is 4.50. The molecule has 0 aliphatic carbocycles. The van der Waals surface area contributed by atoms with E-state index in [-0.39, 0.29) is 12.4 Å². The largest absolute Gasteiger partial charge is 0.409 e. The lowest BCUT2D eigenvalue weighted by Crippen LogP contribution is -2.46. The number of amides is 1. The first kappa shape index (κ1) is 15.7. The maximum absolute atomic E-state index is 11.5. The number of hydrogen-bond acceptors (Lipinski definition) is 5. The fourth-order valence-electron chi connectivity index (χ4n) is 0.805. The van der Waals surface area contributed by atoms with Gasteiger partial charge in [-0.2, -0.15) is 0 Å². The number of nitrogens with one attached hydrogen (secondary N) is 1. The van der Waals surface area contributed by atoms with E-state index in [2.05, 4.69) is 10.5 Å². The van der Waals surface area contributed by atoms with Gasteiger partial charge in [0.15, 0.2) is 15.7 Å². The molecular weight excluding hydrogens is 246 g/mol. The lowest BCUT2D eigenvalue weighted by Gasteiger charge is -2.23. The summed E-state index contributed by atoms with van der Waals surface area (Å²) >= 11 is 0. The van der Waals surface area contributed by atoms with Gasteiger partial charge in [0, 0.05) is 12.8 Å². The summed E-state index contributed by atoms with van der Waals surface area (Å²) in [6, 6.07) is 0. The van der Waals surface area contributed by atoms with Gasteiger partial charge in [0.1, 0.15) is 0 Å². The molecule has 1 unspecified atom stereocenters. The molecule has 100 valence electrons. The smallest absolute Gasteiger partial charge is 0.230 e. The molecule has 0 fully saturated rings. The number of nitrogens with two attached hydrogens (primary N) is 1. The van der Waals surface area contributed by atoms with E-state index in [1.54, 1.807) is 0 Å². The van der Waals surface area contributed by atoms with Crippen LogP contribution >= 0.6 is 0 Å². The highest BCUT2D eigenvalue weighted by Crippen LogP contribution is 2.13. The SMILES string of the molecule is CC(C(=O)NCC(C)(C)S(C)(=O)=O)C(N)=NO. The minimum atomic E-state index is -3.28. The van der Waals surface area contributed by atoms with Crippen LogP contribution in [-0.4, -0.2) is 42.9 Å². The highest BCUT2D eigenvalue weighted by molar-refractivity contribution is 7.92. The van der Waals surface area contributed by atoms with Crippen LogP contribution in [0.5, 0.6) is 0 Å². The number of hydrogen-bond donors (Lipinski definition) is 3. The molecule has 0 aromatic rings. The molecule has 0 aliphatic heterocycles. The third kappa shape index (κ3) is 4.22. The maximum atomic E-state index is 11.5. The summed E-state index contributed by atoms with van der Waals surface area (Å²) in [5.41, 5.74) is 5.26. The second kappa shape index (κ2) is 5.35. The van der Waals surface area contributed by atoms with E-state index in [0.717, 1.165) is 6.26 Å².